The first-order valence-electron chi connectivity index (χ1n) is 3.42. The van der Waals surface area contributed by atoms with Gasteiger partial charge in [-0.1, -0.05) is 18.2 Å². The second-order valence-electron chi connectivity index (χ2n) is 2.19. The van der Waals surface area contributed by atoms with Gasteiger partial charge in [0.2, 0.25) is 0 Å². The van der Waals surface area contributed by atoms with Gasteiger partial charge in [0.05, 0.1) is 0 Å². The van der Waals surface area contributed by atoms with Crippen molar-refractivity contribution in [2.45, 2.75) is 0 Å². The summed E-state index contributed by atoms with van der Waals surface area (Å²) < 4.78 is 14.0. The number of halogens is 3. The van der Waals surface area contributed by atoms with Crippen molar-refractivity contribution < 1.29 is 4.39 Å². The van der Waals surface area contributed by atoms with Crippen LogP contribution in [0.3, 0.4) is 0 Å². The molecule has 0 aliphatic heterocycles. The molecule has 0 N–H and O–H groups in total. The van der Waals surface area contributed by atoms with Crippen LogP contribution in [0.15, 0.2) is 24.3 Å². The molecule has 0 amide bonds. The molecule has 3 heteroatoms. The summed E-state index contributed by atoms with van der Waals surface area (Å²) in [4.78, 5) is 0. The predicted molar refractivity (Wildman–Crippen MR) is 58.9 cm³/mol. The Labute approximate surface area is 89.6 Å². The molecule has 0 radical (unpaired) electrons. The zero-order chi connectivity index (χ0) is 8.97. The molecule has 0 fully saturated rings. The number of alkyl halides is 1. The van der Waals surface area contributed by atoms with Crippen LogP contribution in [0.4, 0.5) is 4.39 Å². The third kappa shape index (κ3) is 2.45. The Kier molecular flexibility index (Phi) is 4.01. The van der Waals surface area contributed by atoms with Crippen LogP contribution in [-0.4, -0.2) is 5.88 Å². The first-order chi connectivity index (χ1) is 5.75. The van der Waals surface area contributed by atoms with E-state index in [2.05, 4.69) is 22.6 Å². The first-order valence-corrected chi connectivity index (χ1v) is 5.03. The molecule has 0 aliphatic carbocycles. The van der Waals surface area contributed by atoms with Crippen LogP contribution in [0.5, 0.6) is 0 Å². The number of allylic oxidation sites excluding steroid dienone is 1. The Morgan fingerprint density at radius 1 is 1.50 bits per heavy atom. The van der Waals surface area contributed by atoms with Gasteiger partial charge >= 0.3 is 0 Å². The van der Waals surface area contributed by atoms with Crippen molar-refractivity contribution >= 4 is 40.3 Å². The Morgan fingerprint density at radius 2 is 2.25 bits per heavy atom. The third-order valence-electron chi connectivity index (χ3n) is 1.37. The van der Waals surface area contributed by atoms with Gasteiger partial charge in [-0.25, -0.2) is 4.39 Å². The Balaban J connectivity index is 3.04. The molecule has 0 spiro atoms. The van der Waals surface area contributed by atoms with Crippen LogP contribution in [0.2, 0.25) is 0 Å². The average molecular weight is 297 g/mol. The van der Waals surface area contributed by atoms with Gasteiger partial charge in [0.25, 0.3) is 0 Å². The van der Waals surface area contributed by atoms with Crippen LogP contribution < -0.4 is 0 Å². The van der Waals surface area contributed by atoms with E-state index in [-0.39, 0.29) is 5.82 Å². The van der Waals surface area contributed by atoms with Crippen LogP contribution in [-0.2, 0) is 0 Å². The lowest BCUT2D eigenvalue weighted by atomic mass is 10.2. The fraction of sp³-hybridized carbons (Fsp3) is 0.111. The highest BCUT2D eigenvalue weighted by Crippen LogP contribution is 2.17. The third-order valence-corrected chi connectivity index (χ3v) is 2.49. The summed E-state index contributed by atoms with van der Waals surface area (Å²) >= 11 is 7.54. The van der Waals surface area contributed by atoms with Gasteiger partial charge in [0.15, 0.2) is 0 Å². The van der Waals surface area contributed by atoms with Crippen LogP contribution >= 0.6 is 34.2 Å². The Morgan fingerprint density at radius 3 is 2.83 bits per heavy atom. The summed E-state index contributed by atoms with van der Waals surface area (Å²) in [7, 11) is 0. The number of benzene rings is 1. The van der Waals surface area contributed by atoms with E-state index in [0.717, 1.165) is 3.57 Å². The van der Waals surface area contributed by atoms with Gasteiger partial charge in [0.1, 0.15) is 5.82 Å². The maximum atomic E-state index is 13.1. The van der Waals surface area contributed by atoms with Crippen molar-refractivity contribution in [1.82, 2.24) is 0 Å². The van der Waals surface area contributed by atoms with Gasteiger partial charge < -0.3 is 0 Å². The molecule has 0 aromatic heterocycles. The minimum absolute atomic E-state index is 0.205. The predicted octanol–water partition coefficient (Wildman–Crippen LogP) is 3.68. The lowest BCUT2D eigenvalue weighted by Gasteiger charge is -1.98. The second kappa shape index (κ2) is 4.82. The molecule has 64 valence electrons. The van der Waals surface area contributed by atoms with Crippen molar-refractivity contribution in [2.75, 3.05) is 5.88 Å². The lowest BCUT2D eigenvalue weighted by molar-refractivity contribution is 0.624. The van der Waals surface area contributed by atoms with Gasteiger partial charge in [-0.05, 0) is 34.7 Å². The topological polar surface area (TPSA) is 0 Å². The normalized spacial score (nSPS) is 10.9. The minimum Gasteiger partial charge on any atom is -0.206 e. The second-order valence-corrected chi connectivity index (χ2v) is 3.66. The number of rotatable bonds is 2. The minimum atomic E-state index is -0.205. The number of hydrogen-bond donors (Lipinski definition) is 0. The summed E-state index contributed by atoms with van der Waals surface area (Å²) in [5.74, 6) is 0.202. The van der Waals surface area contributed by atoms with E-state index >= 15 is 0 Å². The Bertz CT molecular complexity index is 276. The highest BCUT2D eigenvalue weighted by atomic mass is 127. The first kappa shape index (κ1) is 9.99. The van der Waals surface area contributed by atoms with Crippen molar-refractivity contribution in [3.8, 4) is 0 Å². The molecule has 0 aliphatic rings. The van der Waals surface area contributed by atoms with Gasteiger partial charge in [0, 0.05) is 15.0 Å². The average Bonchev–Trinajstić information content (AvgIpc) is 2.04. The molecular weight excluding hydrogens is 289 g/mol. The summed E-state index contributed by atoms with van der Waals surface area (Å²) in [6.07, 6.45) is 3.42. The lowest BCUT2D eigenvalue weighted by Crippen LogP contribution is -1.85. The van der Waals surface area contributed by atoms with Crippen LogP contribution in [0.1, 0.15) is 5.56 Å². The molecular formula is C9H7ClFI. The maximum absolute atomic E-state index is 13.1. The maximum Gasteiger partial charge on any atom is 0.131 e. The number of hydrogen-bond acceptors (Lipinski definition) is 0. The quantitative estimate of drug-likeness (QED) is 0.577. The van der Waals surface area contributed by atoms with Crippen molar-refractivity contribution in [3.05, 3.63) is 39.2 Å². The van der Waals surface area contributed by atoms with Gasteiger partial charge in [-0.3, -0.25) is 0 Å². The summed E-state index contributed by atoms with van der Waals surface area (Å²) in [5.41, 5.74) is 0.610. The molecule has 0 unspecified atom stereocenters. The SMILES string of the molecule is Fc1cccc(I)c1C=CCCl. The highest BCUT2D eigenvalue weighted by Gasteiger charge is 2.00. The smallest absolute Gasteiger partial charge is 0.131 e. The fourth-order valence-corrected chi connectivity index (χ4v) is 1.57. The zero-order valence-corrected chi connectivity index (χ0v) is 9.14. The van der Waals surface area contributed by atoms with Gasteiger partial charge in [-0.2, -0.15) is 0 Å². The van der Waals surface area contributed by atoms with E-state index in [1.165, 1.54) is 6.07 Å². The Hall–Kier alpha value is -0.0900. The summed E-state index contributed by atoms with van der Waals surface area (Å²) in [5, 5.41) is 0. The van der Waals surface area contributed by atoms with Crippen molar-refractivity contribution in [3.63, 3.8) is 0 Å². The summed E-state index contributed by atoms with van der Waals surface area (Å²) in [6, 6.07) is 4.99. The van der Waals surface area contributed by atoms with Gasteiger partial charge in [-0.15, -0.1) is 11.6 Å². The van der Waals surface area contributed by atoms with E-state index in [9.17, 15) is 4.39 Å². The van der Waals surface area contributed by atoms with Crippen LogP contribution in [0, 0.1) is 9.39 Å². The summed E-state index contributed by atoms with van der Waals surface area (Å²) in [6.45, 7) is 0. The van der Waals surface area contributed by atoms with E-state index in [1.807, 2.05) is 6.07 Å². The molecule has 0 atom stereocenters. The van der Waals surface area contributed by atoms with E-state index in [4.69, 9.17) is 11.6 Å². The zero-order valence-electron chi connectivity index (χ0n) is 6.23. The van der Waals surface area contributed by atoms with Crippen molar-refractivity contribution in [2.24, 2.45) is 0 Å². The largest absolute Gasteiger partial charge is 0.206 e. The van der Waals surface area contributed by atoms with Crippen molar-refractivity contribution in [1.29, 1.82) is 0 Å². The van der Waals surface area contributed by atoms with Crippen LogP contribution in [0.25, 0.3) is 6.08 Å². The molecule has 1 rings (SSSR count). The molecule has 0 bridgehead atoms. The molecule has 1 aromatic carbocycles. The highest BCUT2D eigenvalue weighted by molar-refractivity contribution is 14.1. The molecule has 0 heterocycles. The molecule has 12 heavy (non-hydrogen) atoms. The standard InChI is InChI=1S/C9H7ClFI/c10-6-2-3-7-8(11)4-1-5-9(7)12/h1-5H,6H2. The fourth-order valence-electron chi connectivity index (χ4n) is 0.832. The molecule has 1 aromatic rings. The molecule has 0 saturated heterocycles. The van der Waals surface area contributed by atoms with E-state index < -0.39 is 0 Å². The molecule has 0 saturated carbocycles. The monoisotopic (exact) mass is 296 g/mol. The molecule has 0 nitrogen and oxygen atoms in total. The van der Waals surface area contributed by atoms with E-state index in [1.54, 1.807) is 18.2 Å². The van der Waals surface area contributed by atoms with E-state index in [0.29, 0.717) is 11.4 Å².